The van der Waals surface area contributed by atoms with E-state index in [2.05, 4.69) is 166 Å². The third kappa shape index (κ3) is 4.78. The van der Waals surface area contributed by atoms with E-state index in [0.29, 0.717) is 0 Å². The molecule has 0 saturated heterocycles. The molecule has 1 aromatic heterocycles. The standard InChI is InChI=1S/C36H32Br2N2/c1-5-25-20-28(12-15-33(25)37)39(29-13-16-34(38)26(6-2)21-29)30-14-18-36-32(22-30)31-19-24(4)9-17-35(31)40(36)27-10-7-23(3)8-11-27/h7-22H,5-6H2,1-4H3. The van der Waals surface area contributed by atoms with Crippen LogP contribution in [0.5, 0.6) is 0 Å². The van der Waals surface area contributed by atoms with Crippen molar-refractivity contribution in [1.82, 2.24) is 4.57 Å². The summed E-state index contributed by atoms with van der Waals surface area (Å²) in [6, 6.07) is 35.9. The molecule has 0 unspecified atom stereocenters. The Morgan fingerprint density at radius 1 is 0.550 bits per heavy atom. The molecule has 0 aliphatic heterocycles. The monoisotopic (exact) mass is 650 g/mol. The van der Waals surface area contributed by atoms with Crippen LogP contribution in [0.2, 0.25) is 0 Å². The third-order valence-corrected chi connectivity index (χ3v) is 9.34. The van der Waals surface area contributed by atoms with Crippen molar-refractivity contribution < 1.29 is 0 Å². The maximum Gasteiger partial charge on any atom is 0.0542 e. The zero-order chi connectivity index (χ0) is 28.0. The number of halogens is 2. The summed E-state index contributed by atoms with van der Waals surface area (Å²) in [5.41, 5.74) is 12.2. The minimum absolute atomic E-state index is 0.963. The quantitative estimate of drug-likeness (QED) is 0.174. The normalized spacial score (nSPS) is 11.4. The molecule has 0 bridgehead atoms. The molecule has 200 valence electrons. The minimum Gasteiger partial charge on any atom is -0.310 e. The number of hydrogen-bond donors (Lipinski definition) is 0. The van der Waals surface area contributed by atoms with Gasteiger partial charge in [0.15, 0.2) is 0 Å². The highest BCUT2D eigenvalue weighted by Gasteiger charge is 2.19. The van der Waals surface area contributed by atoms with Gasteiger partial charge in [-0.3, -0.25) is 0 Å². The van der Waals surface area contributed by atoms with Crippen LogP contribution in [0, 0.1) is 13.8 Å². The summed E-state index contributed by atoms with van der Waals surface area (Å²) in [4.78, 5) is 2.39. The van der Waals surface area contributed by atoms with Gasteiger partial charge in [-0.25, -0.2) is 0 Å². The number of aryl methyl sites for hydroxylation is 4. The van der Waals surface area contributed by atoms with E-state index in [1.165, 1.54) is 49.7 Å². The zero-order valence-electron chi connectivity index (χ0n) is 23.3. The number of fused-ring (bicyclic) bond motifs is 3. The topological polar surface area (TPSA) is 8.17 Å². The fourth-order valence-electron chi connectivity index (χ4n) is 5.63. The SMILES string of the molecule is CCc1cc(N(c2ccc(Br)c(CC)c2)c2ccc3c(c2)c2cc(C)ccc2n3-c2ccc(C)cc2)ccc1Br. The lowest BCUT2D eigenvalue weighted by molar-refractivity contribution is 1.11. The maximum absolute atomic E-state index is 3.75. The van der Waals surface area contributed by atoms with Crippen LogP contribution < -0.4 is 4.90 Å². The second kappa shape index (κ2) is 10.9. The second-order valence-electron chi connectivity index (χ2n) is 10.5. The minimum atomic E-state index is 0.963. The Morgan fingerprint density at radius 3 is 1.60 bits per heavy atom. The summed E-state index contributed by atoms with van der Waals surface area (Å²) in [5.74, 6) is 0. The third-order valence-electron chi connectivity index (χ3n) is 7.79. The van der Waals surface area contributed by atoms with E-state index >= 15 is 0 Å². The highest BCUT2D eigenvalue weighted by Crippen LogP contribution is 2.41. The molecule has 0 saturated carbocycles. The van der Waals surface area contributed by atoms with E-state index in [-0.39, 0.29) is 0 Å². The van der Waals surface area contributed by atoms with Gasteiger partial charge in [-0.1, -0.05) is 75.0 Å². The molecule has 0 spiro atoms. The van der Waals surface area contributed by atoms with Crippen molar-refractivity contribution in [3.63, 3.8) is 0 Å². The Balaban J connectivity index is 1.63. The molecule has 6 rings (SSSR count). The predicted octanol–water partition coefficient (Wildman–Crippen LogP) is 11.5. The predicted molar refractivity (Wildman–Crippen MR) is 179 cm³/mol. The van der Waals surface area contributed by atoms with Crippen LogP contribution in [0.1, 0.15) is 36.1 Å². The van der Waals surface area contributed by atoms with Crippen molar-refractivity contribution >= 4 is 70.7 Å². The molecule has 0 aliphatic rings. The maximum atomic E-state index is 3.75. The molecule has 0 N–H and O–H groups in total. The van der Waals surface area contributed by atoms with Gasteiger partial charge in [-0.2, -0.15) is 0 Å². The fourth-order valence-corrected chi connectivity index (χ4v) is 6.68. The van der Waals surface area contributed by atoms with Crippen LogP contribution >= 0.6 is 31.9 Å². The van der Waals surface area contributed by atoms with Crippen molar-refractivity contribution in [3.8, 4) is 5.69 Å². The smallest absolute Gasteiger partial charge is 0.0542 e. The van der Waals surface area contributed by atoms with Gasteiger partial charge in [0.25, 0.3) is 0 Å². The van der Waals surface area contributed by atoms with Gasteiger partial charge in [0, 0.05) is 42.5 Å². The van der Waals surface area contributed by atoms with Gasteiger partial charge < -0.3 is 9.47 Å². The number of rotatable bonds is 6. The van der Waals surface area contributed by atoms with E-state index in [9.17, 15) is 0 Å². The highest BCUT2D eigenvalue weighted by molar-refractivity contribution is 9.10. The Bertz CT molecular complexity index is 1810. The van der Waals surface area contributed by atoms with Gasteiger partial charge in [0.1, 0.15) is 0 Å². The molecule has 4 heteroatoms. The molecule has 0 radical (unpaired) electrons. The molecule has 0 aliphatic carbocycles. The van der Waals surface area contributed by atoms with Crippen molar-refractivity contribution in [2.75, 3.05) is 4.90 Å². The van der Waals surface area contributed by atoms with E-state index in [1.54, 1.807) is 0 Å². The van der Waals surface area contributed by atoms with Crippen LogP contribution in [0.25, 0.3) is 27.5 Å². The summed E-state index contributed by atoms with van der Waals surface area (Å²) in [5, 5.41) is 2.52. The number of anilines is 3. The summed E-state index contributed by atoms with van der Waals surface area (Å²) in [6.07, 6.45) is 1.93. The largest absolute Gasteiger partial charge is 0.310 e. The molecule has 1 heterocycles. The van der Waals surface area contributed by atoms with E-state index in [1.807, 2.05) is 0 Å². The van der Waals surface area contributed by atoms with Gasteiger partial charge in [-0.15, -0.1) is 0 Å². The van der Waals surface area contributed by atoms with E-state index in [0.717, 1.165) is 38.8 Å². The molecule has 5 aromatic carbocycles. The van der Waals surface area contributed by atoms with Gasteiger partial charge >= 0.3 is 0 Å². The Hall–Kier alpha value is -3.34. The average Bonchev–Trinajstić information content (AvgIpc) is 3.28. The van der Waals surface area contributed by atoms with Crippen molar-refractivity contribution in [2.24, 2.45) is 0 Å². The first-order chi connectivity index (χ1) is 19.4. The lowest BCUT2D eigenvalue weighted by Gasteiger charge is -2.27. The van der Waals surface area contributed by atoms with Gasteiger partial charge in [0.2, 0.25) is 0 Å². The first kappa shape index (κ1) is 26.9. The summed E-state index contributed by atoms with van der Waals surface area (Å²) < 4.78 is 4.69. The van der Waals surface area contributed by atoms with Crippen molar-refractivity contribution in [2.45, 2.75) is 40.5 Å². The lowest BCUT2D eigenvalue weighted by atomic mass is 10.1. The Labute approximate surface area is 253 Å². The number of nitrogens with zero attached hydrogens (tertiary/aromatic N) is 2. The Morgan fingerprint density at radius 2 is 1.02 bits per heavy atom. The van der Waals surface area contributed by atoms with E-state index < -0.39 is 0 Å². The van der Waals surface area contributed by atoms with Crippen LogP contribution in [-0.2, 0) is 12.8 Å². The summed E-state index contributed by atoms with van der Waals surface area (Å²) in [6.45, 7) is 8.72. The number of benzene rings is 5. The Kier molecular flexibility index (Phi) is 7.33. The highest BCUT2D eigenvalue weighted by atomic mass is 79.9. The molecule has 0 fully saturated rings. The fraction of sp³-hybridized carbons (Fsp3) is 0.167. The second-order valence-corrected chi connectivity index (χ2v) is 12.2. The molecular weight excluding hydrogens is 620 g/mol. The first-order valence-corrected chi connectivity index (χ1v) is 15.5. The summed E-state index contributed by atoms with van der Waals surface area (Å²) in [7, 11) is 0. The molecule has 2 nitrogen and oxygen atoms in total. The van der Waals surface area contributed by atoms with Crippen LogP contribution in [0.4, 0.5) is 17.1 Å². The van der Waals surface area contributed by atoms with Gasteiger partial charge in [0.05, 0.1) is 11.0 Å². The summed E-state index contributed by atoms with van der Waals surface area (Å²) >= 11 is 7.51. The van der Waals surface area contributed by atoms with Crippen LogP contribution in [0.15, 0.2) is 106 Å². The lowest BCUT2D eigenvalue weighted by Crippen LogP contribution is -2.11. The first-order valence-electron chi connectivity index (χ1n) is 13.9. The zero-order valence-corrected chi connectivity index (χ0v) is 26.5. The molecule has 0 amide bonds. The van der Waals surface area contributed by atoms with Crippen molar-refractivity contribution in [3.05, 3.63) is 128 Å². The number of aromatic nitrogens is 1. The molecule has 0 atom stereocenters. The van der Waals surface area contributed by atoms with Crippen LogP contribution in [0.3, 0.4) is 0 Å². The average molecular weight is 652 g/mol. The molecular formula is C36H32Br2N2. The molecule has 6 aromatic rings. The van der Waals surface area contributed by atoms with Gasteiger partial charge in [-0.05, 0) is 117 Å². The number of hydrogen-bond acceptors (Lipinski definition) is 1. The van der Waals surface area contributed by atoms with Crippen LogP contribution in [-0.4, -0.2) is 4.57 Å². The van der Waals surface area contributed by atoms with E-state index in [4.69, 9.17) is 0 Å². The molecule has 40 heavy (non-hydrogen) atoms. The van der Waals surface area contributed by atoms with Crippen molar-refractivity contribution in [1.29, 1.82) is 0 Å².